The second-order valence-electron chi connectivity index (χ2n) is 3.78. The fourth-order valence-electron chi connectivity index (χ4n) is 1.64. The van der Waals surface area contributed by atoms with E-state index in [4.69, 9.17) is 9.15 Å². The fraction of sp³-hybridized carbons (Fsp3) is 0.308. The molecule has 0 amide bonds. The number of hydrogen-bond donors (Lipinski definition) is 1. The summed E-state index contributed by atoms with van der Waals surface area (Å²) in [6.07, 6.45) is 1.49. The summed E-state index contributed by atoms with van der Waals surface area (Å²) < 4.78 is 11.6. The summed E-state index contributed by atoms with van der Waals surface area (Å²) >= 11 is 2.30. The number of benzene rings is 1. The largest absolute Gasteiger partial charge is 0.443 e. The molecular formula is C13H15IN2O2. The van der Waals surface area contributed by atoms with Gasteiger partial charge in [0.1, 0.15) is 5.69 Å². The zero-order valence-electron chi connectivity index (χ0n) is 10.1. The monoisotopic (exact) mass is 358 g/mol. The Labute approximate surface area is 120 Å². The Hall–Kier alpha value is -0.920. The molecule has 96 valence electrons. The predicted octanol–water partition coefficient (Wildman–Crippen LogP) is 2.68. The van der Waals surface area contributed by atoms with Crippen LogP contribution in [0.3, 0.4) is 0 Å². The SMILES string of the molecule is COCCNCc1ncoc1-c1ccccc1I. The lowest BCUT2D eigenvalue weighted by Gasteiger charge is -2.05. The first-order valence-corrected chi connectivity index (χ1v) is 6.77. The van der Waals surface area contributed by atoms with Gasteiger partial charge in [-0.25, -0.2) is 4.98 Å². The Kier molecular flexibility index (Phi) is 5.15. The molecule has 5 heteroatoms. The molecule has 0 bridgehead atoms. The van der Waals surface area contributed by atoms with Crippen LogP contribution in [-0.4, -0.2) is 25.2 Å². The van der Waals surface area contributed by atoms with Crippen molar-refractivity contribution in [3.05, 3.63) is 39.9 Å². The van der Waals surface area contributed by atoms with Gasteiger partial charge in [0.15, 0.2) is 12.2 Å². The van der Waals surface area contributed by atoms with Gasteiger partial charge in [0.25, 0.3) is 0 Å². The Morgan fingerprint density at radius 3 is 3.00 bits per heavy atom. The van der Waals surface area contributed by atoms with E-state index >= 15 is 0 Å². The van der Waals surface area contributed by atoms with Gasteiger partial charge in [0.2, 0.25) is 0 Å². The van der Waals surface area contributed by atoms with Crippen molar-refractivity contribution in [2.24, 2.45) is 0 Å². The molecule has 0 fully saturated rings. The van der Waals surface area contributed by atoms with Gasteiger partial charge >= 0.3 is 0 Å². The van der Waals surface area contributed by atoms with Crippen LogP contribution < -0.4 is 5.32 Å². The molecule has 0 saturated carbocycles. The number of ether oxygens (including phenoxy) is 1. The van der Waals surface area contributed by atoms with Gasteiger partial charge in [0, 0.05) is 29.3 Å². The highest BCUT2D eigenvalue weighted by atomic mass is 127. The zero-order valence-corrected chi connectivity index (χ0v) is 12.3. The first kappa shape index (κ1) is 13.5. The number of methoxy groups -OCH3 is 1. The van der Waals surface area contributed by atoms with E-state index in [0.717, 1.165) is 27.1 Å². The molecule has 0 aliphatic rings. The summed E-state index contributed by atoms with van der Waals surface area (Å²) in [5.74, 6) is 0.838. The van der Waals surface area contributed by atoms with Crippen molar-refractivity contribution < 1.29 is 9.15 Å². The molecule has 0 aliphatic heterocycles. The Morgan fingerprint density at radius 1 is 1.39 bits per heavy atom. The molecule has 0 aliphatic carbocycles. The van der Waals surface area contributed by atoms with E-state index in [1.165, 1.54) is 6.39 Å². The topological polar surface area (TPSA) is 47.3 Å². The highest BCUT2D eigenvalue weighted by molar-refractivity contribution is 14.1. The van der Waals surface area contributed by atoms with Crippen LogP contribution in [0.4, 0.5) is 0 Å². The minimum atomic E-state index is 0.681. The molecule has 1 heterocycles. The summed E-state index contributed by atoms with van der Waals surface area (Å²) in [4.78, 5) is 4.26. The second-order valence-corrected chi connectivity index (χ2v) is 4.94. The van der Waals surface area contributed by atoms with Crippen LogP contribution in [-0.2, 0) is 11.3 Å². The summed E-state index contributed by atoms with van der Waals surface area (Å²) in [6.45, 7) is 2.17. The average molecular weight is 358 g/mol. The van der Waals surface area contributed by atoms with Crippen LogP contribution in [0.25, 0.3) is 11.3 Å². The van der Waals surface area contributed by atoms with Crippen molar-refractivity contribution in [2.45, 2.75) is 6.54 Å². The summed E-state index contributed by atoms with van der Waals surface area (Å²) in [6, 6.07) is 8.11. The van der Waals surface area contributed by atoms with E-state index in [9.17, 15) is 0 Å². The predicted molar refractivity (Wildman–Crippen MR) is 78.2 cm³/mol. The molecular weight excluding hydrogens is 343 g/mol. The number of nitrogens with zero attached hydrogens (tertiary/aromatic N) is 1. The molecule has 1 N–H and O–H groups in total. The van der Waals surface area contributed by atoms with Crippen LogP contribution >= 0.6 is 22.6 Å². The van der Waals surface area contributed by atoms with E-state index in [1.54, 1.807) is 7.11 Å². The van der Waals surface area contributed by atoms with Gasteiger partial charge in [-0.2, -0.15) is 0 Å². The quantitative estimate of drug-likeness (QED) is 0.637. The molecule has 2 rings (SSSR count). The molecule has 4 nitrogen and oxygen atoms in total. The first-order chi connectivity index (χ1) is 8.83. The third kappa shape index (κ3) is 3.30. The van der Waals surface area contributed by atoms with Crippen molar-refractivity contribution >= 4 is 22.6 Å². The zero-order chi connectivity index (χ0) is 12.8. The maximum Gasteiger partial charge on any atom is 0.181 e. The average Bonchev–Trinajstić information content (AvgIpc) is 2.83. The maximum atomic E-state index is 5.50. The molecule has 1 aromatic carbocycles. The third-order valence-electron chi connectivity index (χ3n) is 2.54. The third-order valence-corrected chi connectivity index (χ3v) is 3.48. The van der Waals surface area contributed by atoms with Crippen LogP contribution in [0.15, 0.2) is 35.1 Å². The summed E-state index contributed by atoms with van der Waals surface area (Å²) in [7, 11) is 1.69. The highest BCUT2D eigenvalue weighted by Gasteiger charge is 2.12. The standard InChI is InChI=1S/C13H15IN2O2/c1-17-7-6-15-8-12-13(18-9-16-12)10-4-2-3-5-11(10)14/h2-5,9,15H,6-8H2,1H3. The summed E-state index contributed by atoms with van der Waals surface area (Å²) in [5, 5.41) is 3.27. The normalized spacial score (nSPS) is 10.8. The first-order valence-electron chi connectivity index (χ1n) is 5.70. The van der Waals surface area contributed by atoms with Crippen LogP contribution in [0.2, 0.25) is 0 Å². The molecule has 0 radical (unpaired) electrons. The number of aromatic nitrogens is 1. The lowest BCUT2D eigenvalue weighted by molar-refractivity contribution is 0.199. The van der Waals surface area contributed by atoms with Crippen LogP contribution in [0, 0.1) is 3.57 Å². The Morgan fingerprint density at radius 2 is 2.22 bits per heavy atom. The van der Waals surface area contributed by atoms with Gasteiger partial charge in [-0.05, 0) is 28.7 Å². The Bertz CT molecular complexity index is 499. The lowest BCUT2D eigenvalue weighted by Crippen LogP contribution is -2.19. The number of rotatable bonds is 6. The van der Waals surface area contributed by atoms with Crippen molar-refractivity contribution in [1.29, 1.82) is 0 Å². The van der Waals surface area contributed by atoms with E-state index < -0.39 is 0 Å². The van der Waals surface area contributed by atoms with E-state index in [-0.39, 0.29) is 0 Å². The molecule has 2 aromatic rings. The second kappa shape index (κ2) is 6.86. The fourth-order valence-corrected chi connectivity index (χ4v) is 2.27. The van der Waals surface area contributed by atoms with Gasteiger partial charge < -0.3 is 14.5 Å². The van der Waals surface area contributed by atoms with E-state index in [0.29, 0.717) is 13.2 Å². The molecule has 0 unspecified atom stereocenters. The minimum absolute atomic E-state index is 0.681. The maximum absolute atomic E-state index is 5.50. The number of nitrogens with one attached hydrogen (secondary N) is 1. The minimum Gasteiger partial charge on any atom is -0.443 e. The van der Waals surface area contributed by atoms with Crippen molar-refractivity contribution in [1.82, 2.24) is 10.3 Å². The van der Waals surface area contributed by atoms with E-state index in [2.05, 4.69) is 39.0 Å². The van der Waals surface area contributed by atoms with Crippen LogP contribution in [0.5, 0.6) is 0 Å². The van der Waals surface area contributed by atoms with E-state index in [1.807, 2.05) is 18.2 Å². The van der Waals surface area contributed by atoms with Crippen molar-refractivity contribution in [3.63, 3.8) is 0 Å². The van der Waals surface area contributed by atoms with Crippen LogP contribution in [0.1, 0.15) is 5.69 Å². The van der Waals surface area contributed by atoms with Gasteiger partial charge in [0.05, 0.1) is 6.61 Å². The number of hydrogen-bond acceptors (Lipinski definition) is 4. The number of halogens is 1. The lowest BCUT2D eigenvalue weighted by atomic mass is 10.1. The molecule has 0 spiro atoms. The molecule has 1 aromatic heterocycles. The summed E-state index contributed by atoms with van der Waals surface area (Å²) in [5.41, 5.74) is 2.01. The van der Waals surface area contributed by atoms with Crippen molar-refractivity contribution in [2.75, 3.05) is 20.3 Å². The Balaban J connectivity index is 2.10. The molecule has 0 saturated heterocycles. The highest BCUT2D eigenvalue weighted by Crippen LogP contribution is 2.27. The molecule has 0 atom stereocenters. The van der Waals surface area contributed by atoms with Gasteiger partial charge in [-0.15, -0.1) is 0 Å². The van der Waals surface area contributed by atoms with Crippen molar-refractivity contribution in [3.8, 4) is 11.3 Å². The van der Waals surface area contributed by atoms with Gasteiger partial charge in [-0.3, -0.25) is 0 Å². The van der Waals surface area contributed by atoms with Gasteiger partial charge in [-0.1, -0.05) is 18.2 Å². The smallest absolute Gasteiger partial charge is 0.181 e. The number of oxazole rings is 1. The molecule has 18 heavy (non-hydrogen) atoms.